The van der Waals surface area contributed by atoms with E-state index in [1.165, 1.54) is 0 Å². The largest absolute Gasteiger partial charge is 0.326 e. The van der Waals surface area contributed by atoms with Gasteiger partial charge in [0, 0.05) is 21.7 Å². The first-order valence-electron chi connectivity index (χ1n) is 6.86. The zero-order chi connectivity index (χ0) is 15.0. The highest BCUT2D eigenvalue weighted by Gasteiger charge is 2.44. The Morgan fingerprint density at radius 1 is 1.14 bits per heavy atom. The van der Waals surface area contributed by atoms with Gasteiger partial charge in [0.1, 0.15) is 0 Å². The van der Waals surface area contributed by atoms with E-state index in [2.05, 4.69) is 5.32 Å². The van der Waals surface area contributed by atoms with E-state index in [-0.39, 0.29) is 17.7 Å². The van der Waals surface area contributed by atoms with Crippen molar-refractivity contribution in [2.75, 3.05) is 5.32 Å². The highest BCUT2D eigenvalue weighted by molar-refractivity contribution is 6.34. The summed E-state index contributed by atoms with van der Waals surface area (Å²) in [5, 5.41) is 4.20. The molecule has 0 aliphatic heterocycles. The Morgan fingerprint density at radius 3 is 2.52 bits per heavy atom. The number of carbonyl (C=O) groups is 1. The molecule has 108 valence electrons. The summed E-state index contributed by atoms with van der Waals surface area (Å²) in [5.74, 6) is 0.271. The number of halogens is 2. The van der Waals surface area contributed by atoms with Crippen molar-refractivity contribution in [2.45, 2.75) is 19.3 Å². The number of amides is 1. The fourth-order valence-corrected chi connectivity index (χ4v) is 3.14. The van der Waals surface area contributed by atoms with Gasteiger partial charge in [0.25, 0.3) is 0 Å². The van der Waals surface area contributed by atoms with Gasteiger partial charge in [0.2, 0.25) is 5.91 Å². The zero-order valence-electron chi connectivity index (χ0n) is 11.6. The molecular weight excluding hydrogens is 305 g/mol. The average Bonchev–Trinajstić information content (AvgIpc) is 3.17. The second kappa shape index (κ2) is 5.70. The highest BCUT2D eigenvalue weighted by atomic mass is 35.5. The van der Waals surface area contributed by atoms with Crippen molar-refractivity contribution >= 4 is 34.8 Å². The lowest BCUT2D eigenvalue weighted by molar-refractivity contribution is -0.117. The number of hydrogen-bond acceptors (Lipinski definition) is 1. The number of rotatable bonds is 3. The maximum atomic E-state index is 12.3. The summed E-state index contributed by atoms with van der Waals surface area (Å²) in [7, 11) is 0. The predicted molar refractivity (Wildman–Crippen MR) is 87.1 cm³/mol. The summed E-state index contributed by atoms with van der Waals surface area (Å²) in [6, 6.07) is 13.3. The molecule has 0 spiro atoms. The normalized spacial score (nSPS) is 20.1. The van der Waals surface area contributed by atoms with Crippen LogP contribution >= 0.6 is 23.2 Å². The number of aryl methyl sites for hydroxylation is 1. The molecule has 1 aliphatic rings. The smallest absolute Gasteiger partial charge is 0.228 e. The molecule has 2 atom stereocenters. The van der Waals surface area contributed by atoms with Gasteiger partial charge in [-0.3, -0.25) is 4.79 Å². The minimum absolute atomic E-state index is 0.0000422. The van der Waals surface area contributed by atoms with E-state index < -0.39 is 0 Å². The molecule has 21 heavy (non-hydrogen) atoms. The molecule has 0 aromatic heterocycles. The van der Waals surface area contributed by atoms with Crippen molar-refractivity contribution in [3.05, 3.63) is 63.6 Å². The first kappa shape index (κ1) is 14.4. The van der Waals surface area contributed by atoms with E-state index in [0.717, 1.165) is 23.2 Å². The molecule has 0 saturated heterocycles. The van der Waals surface area contributed by atoms with Gasteiger partial charge in [0.05, 0.1) is 0 Å². The van der Waals surface area contributed by atoms with Gasteiger partial charge in [-0.05, 0) is 60.7 Å². The van der Waals surface area contributed by atoms with Crippen LogP contribution in [0.2, 0.25) is 10.0 Å². The summed E-state index contributed by atoms with van der Waals surface area (Å²) >= 11 is 12.0. The van der Waals surface area contributed by atoms with E-state index >= 15 is 0 Å². The van der Waals surface area contributed by atoms with Crippen LogP contribution in [0.1, 0.15) is 23.5 Å². The molecule has 1 aliphatic carbocycles. The van der Waals surface area contributed by atoms with Gasteiger partial charge in [-0.1, -0.05) is 35.3 Å². The predicted octanol–water partition coefficient (Wildman–Crippen LogP) is 5.04. The summed E-state index contributed by atoms with van der Waals surface area (Å²) < 4.78 is 0. The van der Waals surface area contributed by atoms with Crippen LogP contribution in [0.4, 0.5) is 5.69 Å². The Morgan fingerprint density at radius 2 is 1.86 bits per heavy atom. The van der Waals surface area contributed by atoms with Crippen LogP contribution in [-0.2, 0) is 4.79 Å². The summed E-state index contributed by atoms with van der Waals surface area (Å²) in [6.07, 6.45) is 0.842. The zero-order valence-corrected chi connectivity index (χ0v) is 13.1. The van der Waals surface area contributed by atoms with Crippen LogP contribution < -0.4 is 5.32 Å². The Balaban J connectivity index is 1.68. The Hall–Kier alpha value is -1.51. The van der Waals surface area contributed by atoms with Gasteiger partial charge in [-0.15, -0.1) is 0 Å². The standard InChI is InChI=1S/C17H15Cl2NO/c1-10-3-2-4-14(5-10)20-17(21)16-9-15(16)11-6-12(18)8-13(19)7-11/h2-8,15-16H,9H2,1H3,(H,20,21)/t15-,16+/m1/s1. The summed E-state index contributed by atoms with van der Waals surface area (Å²) in [6.45, 7) is 2.00. The number of nitrogens with one attached hydrogen (secondary N) is 1. The van der Waals surface area contributed by atoms with E-state index in [9.17, 15) is 4.79 Å². The third kappa shape index (κ3) is 3.39. The first-order chi connectivity index (χ1) is 10.0. The van der Waals surface area contributed by atoms with E-state index in [0.29, 0.717) is 10.0 Å². The second-order valence-corrected chi connectivity index (χ2v) is 6.38. The van der Waals surface area contributed by atoms with Crippen molar-refractivity contribution in [2.24, 2.45) is 5.92 Å². The Labute approximate surface area is 134 Å². The molecule has 3 rings (SSSR count). The van der Waals surface area contributed by atoms with Gasteiger partial charge < -0.3 is 5.32 Å². The Kier molecular flexibility index (Phi) is 3.92. The lowest BCUT2D eigenvalue weighted by atomic mass is 10.1. The molecular formula is C17H15Cl2NO. The SMILES string of the molecule is Cc1cccc(NC(=O)[C@H]2C[C@@H]2c2cc(Cl)cc(Cl)c2)c1. The maximum absolute atomic E-state index is 12.3. The number of carbonyl (C=O) groups excluding carboxylic acids is 1. The van der Waals surface area contributed by atoms with Gasteiger partial charge in [-0.25, -0.2) is 0 Å². The molecule has 0 unspecified atom stereocenters. The third-order valence-electron chi connectivity index (χ3n) is 3.73. The topological polar surface area (TPSA) is 29.1 Å². The number of hydrogen-bond donors (Lipinski definition) is 1. The second-order valence-electron chi connectivity index (χ2n) is 5.51. The molecule has 1 N–H and O–H groups in total. The molecule has 0 bridgehead atoms. The van der Waals surface area contributed by atoms with Crippen LogP contribution in [-0.4, -0.2) is 5.91 Å². The summed E-state index contributed by atoms with van der Waals surface area (Å²) in [4.78, 5) is 12.3. The molecule has 1 saturated carbocycles. The summed E-state index contributed by atoms with van der Waals surface area (Å²) in [5.41, 5.74) is 3.01. The van der Waals surface area contributed by atoms with Crippen LogP contribution in [0.15, 0.2) is 42.5 Å². The molecule has 0 radical (unpaired) electrons. The van der Waals surface area contributed by atoms with Crippen molar-refractivity contribution in [1.82, 2.24) is 0 Å². The van der Waals surface area contributed by atoms with Crippen molar-refractivity contribution < 1.29 is 4.79 Å². The van der Waals surface area contributed by atoms with E-state index in [1.54, 1.807) is 6.07 Å². The fourth-order valence-electron chi connectivity index (χ4n) is 2.60. The van der Waals surface area contributed by atoms with Crippen LogP contribution in [0, 0.1) is 12.8 Å². The van der Waals surface area contributed by atoms with Crippen LogP contribution in [0.25, 0.3) is 0 Å². The Bertz CT molecular complexity index is 679. The van der Waals surface area contributed by atoms with Gasteiger partial charge >= 0.3 is 0 Å². The van der Waals surface area contributed by atoms with Crippen molar-refractivity contribution in [3.8, 4) is 0 Å². The monoisotopic (exact) mass is 319 g/mol. The number of benzene rings is 2. The molecule has 2 nitrogen and oxygen atoms in total. The minimum atomic E-state index is 0.0000422. The fraction of sp³-hybridized carbons (Fsp3) is 0.235. The van der Waals surface area contributed by atoms with E-state index in [1.807, 2.05) is 43.3 Å². The highest BCUT2D eigenvalue weighted by Crippen LogP contribution is 2.49. The van der Waals surface area contributed by atoms with E-state index in [4.69, 9.17) is 23.2 Å². The quantitative estimate of drug-likeness (QED) is 0.843. The molecule has 2 aromatic carbocycles. The average molecular weight is 320 g/mol. The van der Waals surface area contributed by atoms with Crippen molar-refractivity contribution in [1.29, 1.82) is 0 Å². The third-order valence-corrected chi connectivity index (χ3v) is 4.16. The van der Waals surface area contributed by atoms with Crippen LogP contribution in [0.3, 0.4) is 0 Å². The van der Waals surface area contributed by atoms with Gasteiger partial charge in [0.15, 0.2) is 0 Å². The minimum Gasteiger partial charge on any atom is -0.326 e. The molecule has 0 heterocycles. The maximum Gasteiger partial charge on any atom is 0.228 e. The van der Waals surface area contributed by atoms with Crippen LogP contribution in [0.5, 0.6) is 0 Å². The molecule has 2 aromatic rings. The molecule has 1 amide bonds. The molecule has 4 heteroatoms. The number of anilines is 1. The lowest BCUT2D eigenvalue weighted by Gasteiger charge is -2.06. The van der Waals surface area contributed by atoms with Crippen molar-refractivity contribution in [3.63, 3.8) is 0 Å². The first-order valence-corrected chi connectivity index (χ1v) is 7.62. The lowest BCUT2D eigenvalue weighted by Crippen LogP contribution is -2.14. The van der Waals surface area contributed by atoms with Gasteiger partial charge in [-0.2, -0.15) is 0 Å². The molecule has 1 fully saturated rings.